The molecule has 0 spiro atoms. The van der Waals surface area contributed by atoms with Crippen molar-refractivity contribution >= 4 is 5.69 Å². The first-order valence-electron chi connectivity index (χ1n) is 7.98. The Bertz CT molecular complexity index is 386. The molecule has 0 radical (unpaired) electrons. The third-order valence-electron chi connectivity index (χ3n) is 4.15. The molecular formula is C17H28N2O. The van der Waals surface area contributed by atoms with Gasteiger partial charge in [0.2, 0.25) is 0 Å². The minimum atomic E-state index is 0.764. The molecule has 2 rings (SSSR count). The summed E-state index contributed by atoms with van der Waals surface area (Å²) in [6, 6.07) is 7.67. The predicted octanol–water partition coefficient (Wildman–Crippen LogP) is 3.55. The molecule has 0 bridgehead atoms. The average Bonchev–Trinajstić information content (AvgIpc) is 2.46. The van der Waals surface area contributed by atoms with Crippen LogP contribution < -0.4 is 10.5 Å². The highest BCUT2D eigenvalue weighted by Gasteiger charge is 2.17. The quantitative estimate of drug-likeness (QED) is 0.611. The molecule has 1 saturated heterocycles. The fraction of sp³-hybridized carbons (Fsp3) is 0.647. The van der Waals surface area contributed by atoms with Crippen molar-refractivity contribution in [3.05, 3.63) is 24.3 Å². The number of benzene rings is 1. The van der Waals surface area contributed by atoms with Crippen LogP contribution in [0, 0.1) is 5.92 Å². The van der Waals surface area contributed by atoms with E-state index in [9.17, 15) is 0 Å². The predicted molar refractivity (Wildman–Crippen MR) is 85.0 cm³/mol. The highest BCUT2D eigenvalue weighted by molar-refractivity contribution is 5.43. The van der Waals surface area contributed by atoms with Crippen molar-refractivity contribution in [2.75, 3.05) is 32.0 Å². The Kier molecular flexibility index (Phi) is 6.19. The molecule has 1 aliphatic heterocycles. The first-order chi connectivity index (χ1) is 9.78. The van der Waals surface area contributed by atoms with Gasteiger partial charge in [-0.1, -0.05) is 25.8 Å². The highest BCUT2D eigenvalue weighted by atomic mass is 16.5. The second kappa shape index (κ2) is 8.15. The molecule has 3 nitrogen and oxygen atoms in total. The Balaban J connectivity index is 1.58. The molecule has 0 saturated carbocycles. The van der Waals surface area contributed by atoms with Crippen LogP contribution in [0.3, 0.4) is 0 Å². The summed E-state index contributed by atoms with van der Waals surface area (Å²) < 4.78 is 5.73. The van der Waals surface area contributed by atoms with Crippen molar-refractivity contribution in [2.24, 2.45) is 5.92 Å². The van der Waals surface area contributed by atoms with Gasteiger partial charge in [0.05, 0.1) is 6.61 Å². The average molecular weight is 276 g/mol. The second-order valence-corrected chi connectivity index (χ2v) is 5.85. The van der Waals surface area contributed by atoms with Crippen LogP contribution in [-0.2, 0) is 0 Å². The monoisotopic (exact) mass is 276 g/mol. The Morgan fingerprint density at radius 1 is 1.30 bits per heavy atom. The molecule has 112 valence electrons. The van der Waals surface area contributed by atoms with Crippen molar-refractivity contribution in [3.63, 3.8) is 0 Å². The molecule has 1 aliphatic rings. The van der Waals surface area contributed by atoms with Gasteiger partial charge in [0.25, 0.3) is 0 Å². The molecule has 0 unspecified atom stereocenters. The summed E-state index contributed by atoms with van der Waals surface area (Å²) in [5, 5.41) is 0. The number of hydrogen-bond acceptors (Lipinski definition) is 3. The number of piperidine rings is 1. The van der Waals surface area contributed by atoms with E-state index in [0.717, 1.165) is 36.9 Å². The third kappa shape index (κ3) is 5.04. The van der Waals surface area contributed by atoms with E-state index >= 15 is 0 Å². The number of nitrogen functional groups attached to an aromatic ring is 1. The zero-order valence-corrected chi connectivity index (χ0v) is 12.7. The number of nitrogens with two attached hydrogens (primary N) is 1. The van der Waals surface area contributed by atoms with Gasteiger partial charge < -0.3 is 15.4 Å². The number of rotatable bonds is 7. The summed E-state index contributed by atoms with van der Waals surface area (Å²) in [6.07, 6.45) is 6.59. The number of anilines is 1. The molecule has 3 heteroatoms. The highest BCUT2D eigenvalue weighted by Crippen LogP contribution is 2.21. The van der Waals surface area contributed by atoms with Crippen LogP contribution in [0.5, 0.6) is 5.75 Å². The smallest absolute Gasteiger partial charge is 0.121 e. The summed E-state index contributed by atoms with van der Waals surface area (Å²) in [5.74, 6) is 1.85. The topological polar surface area (TPSA) is 38.5 Å². The first-order valence-corrected chi connectivity index (χ1v) is 7.98. The molecule has 0 aliphatic carbocycles. The Hall–Kier alpha value is -1.22. The summed E-state index contributed by atoms with van der Waals surface area (Å²) in [5.41, 5.74) is 6.49. The van der Waals surface area contributed by atoms with Gasteiger partial charge in [-0.3, -0.25) is 0 Å². The van der Waals surface area contributed by atoms with Crippen LogP contribution in [0.2, 0.25) is 0 Å². The summed E-state index contributed by atoms with van der Waals surface area (Å²) in [6.45, 7) is 6.76. The molecule has 0 atom stereocenters. The lowest BCUT2D eigenvalue weighted by molar-refractivity contribution is 0.166. The number of likely N-dealkylation sites (tertiary alicyclic amines) is 1. The van der Waals surface area contributed by atoms with Crippen molar-refractivity contribution < 1.29 is 4.74 Å². The van der Waals surface area contributed by atoms with Gasteiger partial charge in [-0.15, -0.1) is 0 Å². The zero-order chi connectivity index (χ0) is 14.2. The Labute approximate surface area is 123 Å². The Morgan fingerprint density at radius 3 is 2.80 bits per heavy atom. The summed E-state index contributed by atoms with van der Waals surface area (Å²) in [4.78, 5) is 2.58. The fourth-order valence-electron chi connectivity index (χ4n) is 2.99. The standard InChI is InChI=1S/C17H28N2O/c1-2-5-15-8-11-19(12-9-15)10-4-13-20-17-7-3-6-16(18)14-17/h3,6-7,14-15H,2,4-5,8-13,18H2,1H3. The van der Waals surface area contributed by atoms with E-state index < -0.39 is 0 Å². The molecule has 1 heterocycles. The molecule has 1 fully saturated rings. The van der Waals surface area contributed by atoms with Crippen LogP contribution in [0.25, 0.3) is 0 Å². The first kappa shape index (κ1) is 15.2. The van der Waals surface area contributed by atoms with E-state index in [0.29, 0.717) is 0 Å². The maximum Gasteiger partial charge on any atom is 0.121 e. The van der Waals surface area contributed by atoms with E-state index in [2.05, 4.69) is 11.8 Å². The van der Waals surface area contributed by atoms with Crippen LogP contribution in [0.15, 0.2) is 24.3 Å². The molecular weight excluding hydrogens is 248 g/mol. The molecule has 2 N–H and O–H groups in total. The third-order valence-corrected chi connectivity index (χ3v) is 4.15. The van der Waals surface area contributed by atoms with Gasteiger partial charge in [0.1, 0.15) is 5.75 Å². The van der Waals surface area contributed by atoms with E-state index in [-0.39, 0.29) is 0 Å². The zero-order valence-electron chi connectivity index (χ0n) is 12.7. The number of hydrogen-bond donors (Lipinski definition) is 1. The van der Waals surface area contributed by atoms with E-state index in [4.69, 9.17) is 10.5 Å². The normalized spacial score (nSPS) is 17.2. The van der Waals surface area contributed by atoms with Gasteiger partial charge in [-0.2, -0.15) is 0 Å². The molecule has 1 aromatic carbocycles. The van der Waals surface area contributed by atoms with Crippen molar-refractivity contribution in [2.45, 2.75) is 39.0 Å². The van der Waals surface area contributed by atoms with Gasteiger partial charge in [0.15, 0.2) is 0 Å². The van der Waals surface area contributed by atoms with Crippen LogP contribution >= 0.6 is 0 Å². The Morgan fingerprint density at radius 2 is 2.10 bits per heavy atom. The van der Waals surface area contributed by atoms with Crippen molar-refractivity contribution in [3.8, 4) is 5.75 Å². The van der Waals surface area contributed by atoms with Crippen molar-refractivity contribution in [1.82, 2.24) is 4.90 Å². The molecule has 1 aromatic rings. The van der Waals surface area contributed by atoms with E-state index in [1.165, 1.54) is 38.8 Å². The number of nitrogens with zero attached hydrogens (tertiary/aromatic N) is 1. The van der Waals surface area contributed by atoms with Crippen LogP contribution in [0.4, 0.5) is 5.69 Å². The largest absolute Gasteiger partial charge is 0.493 e. The van der Waals surface area contributed by atoms with Gasteiger partial charge in [0, 0.05) is 18.3 Å². The minimum absolute atomic E-state index is 0.764. The van der Waals surface area contributed by atoms with Gasteiger partial charge >= 0.3 is 0 Å². The maximum absolute atomic E-state index is 5.73. The SMILES string of the molecule is CCCC1CCN(CCCOc2cccc(N)c2)CC1. The maximum atomic E-state index is 5.73. The summed E-state index contributed by atoms with van der Waals surface area (Å²) in [7, 11) is 0. The lowest BCUT2D eigenvalue weighted by Gasteiger charge is -2.31. The number of ether oxygens (including phenoxy) is 1. The van der Waals surface area contributed by atoms with E-state index in [1.807, 2.05) is 24.3 Å². The van der Waals surface area contributed by atoms with Crippen LogP contribution in [0.1, 0.15) is 39.0 Å². The molecule has 0 aromatic heterocycles. The summed E-state index contributed by atoms with van der Waals surface area (Å²) >= 11 is 0. The van der Waals surface area contributed by atoms with Gasteiger partial charge in [-0.05, 0) is 50.4 Å². The molecule has 20 heavy (non-hydrogen) atoms. The van der Waals surface area contributed by atoms with Gasteiger partial charge in [-0.25, -0.2) is 0 Å². The van der Waals surface area contributed by atoms with E-state index in [1.54, 1.807) is 0 Å². The van der Waals surface area contributed by atoms with Crippen molar-refractivity contribution in [1.29, 1.82) is 0 Å². The second-order valence-electron chi connectivity index (χ2n) is 5.85. The fourth-order valence-corrected chi connectivity index (χ4v) is 2.99. The lowest BCUT2D eigenvalue weighted by atomic mass is 9.92. The molecule has 0 amide bonds. The van der Waals surface area contributed by atoms with Crippen LogP contribution in [-0.4, -0.2) is 31.1 Å². The lowest BCUT2D eigenvalue weighted by Crippen LogP contribution is -2.34. The minimum Gasteiger partial charge on any atom is -0.493 e.